The molecule has 1 aliphatic heterocycles. The normalized spacial score (nSPS) is 14.6. The van der Waals surface area contributed by atoms with Crippen LogP contribution in [0.4, 0.5) is 5.69 Å². The SMILES string of the molecule is C=C1Nc2ccc(C(C)c3ccn(-c4ccc(CCC(C)(C)O)cn4)n3)cc2S1. The van der Waals surface area contributed by atoms with Gasteiger partial charge in [0.25, 0.3) is 0 Å². The first-order valence-corrected chi connectivity index (χ1v) is 10.6. The van der Waals surface area contributed by atoms with Crippen LogP contribution >= 0.6 is 11.8 Å². The molecule has 5 nitrogen and oxygen atoms in total. The smallest absolute Gasteiger partial charge is 0.153 e. The molecule has 2 aromatic heterocycles. The van der Waals surface area contributed by atoms with Crippen LogP contribution in [0.1, 0.15) is 49.9 Å². The maximum Gasteiger partial charge on any atom is 0.153 e. The second kappa shape index (κ2) is 7.69. The highest BCUT2D eigenvalue weighted by Crippen LogP contribution is 2.41. The van der Waals surface area contributed by atoms with Gasteiger partial charge >= 0.3 is 0 Å². The van der Waals surface area contributed by atoms with Crippen molar-refractivity contribution in [2.45, 2.75) is 50.0 Å². The van der Waals surface area contributed by atoms with Crippen molar-refractivity contribution in [3.05, 3.63) is 77.2 Å². The molecule has 1 atom stereocenters. The molecule has 0 aliphatic carbocycles. The Labute approximate surface area is 175 Å². The van der Waals surface area contributed by atoms with Crippen LogP contribution in [0.5, 0.6) is 0 Å². The van der Waals surface area contributed by atoms with Crippen LogP contribution in [0.2, 0.25) is 0 Å². The Morgan fingerprint density at radius 3 is 2.79 bits per heavy atom. The molecule has 3 aromatic rings. The Morgan fingerprint density at radius 2 is 2.07 bits per heavy atom. The Bertz CT molecular complexity index is 1030. The number of hydrogen-bond acceptors (Lipinski definition) is 5. The number of fused-ring (bicyclic) bond motifs is 1. The fraction of sp³-hybridized carbons (Fsp3) is 0.304. The molecule has 2 N–H and O–H groups in total. The summed E-state index contributed by atoms with van der Waals surface area (Å²) in [6.45, 7) is 9.81. The lowest BCUT2D eigenvalue weighted by atomic mass is 9.98. The van der Waals surface area contributed by atoms with Gasteiger partial charge in [0, 0.05) is 23.2 Å². The van der Waals surface area contributed by atoms with Gasteiger partial charge in [0.05, 0.1) is 22.0 Å². The van der Waals surface area contributed by atoms with Crippen molar-refractivity contribution >= 4 is 17.4 Å². The molecule has 0 amide bonds. The molecule has 0 saturated carbocycles. The molecule has 1 aromatic carbocycles. The average molecular weight is 407 g/mol. The first-order valence-electron chi connectivity index (χ1n) is 9.79. The number of thioether (sulfide) groups is 1. The van der Waals surface area contributed by atoms with Gasteiger partial charge in [-0.25, -0.2) is 9.67 Å². The van der Waals surface area contributed by atoms with Crippen LogP contribution in [0.25, 0.3) is 5.82 Å². The van der Waals surface area contributed by atoms with Gasteiger partial charge in [0.15, 0.2) is 5.82 Å². The van der Waals surface area contributed by atoms with Crippen LogP contribution in [-0.2, 0) is 6.42 Å². The fourth-order valence-corrected chi connectivity index (χ4v) is 4.17. The van der Waals surface area contributed by atoms with E-state index < -0.39 is 5.60 Å². The average Bonchev–Trinajstić information content (AvgIpc) is 3.31. The van der Waals surface area contributed by atoms with Crippen LogP contribution in [0.15, 0.2) is 65.3 Å². The maximum absolute atomic E-state index is 9.88. The second-order valence-electron chi connectivity index (χ2n) is 8.15. The summed E-state index contributed by atoms with van der Waals surface area (Å²) < 4.78 is 1.82. The third-order valence-corrected chi connectivity index (χ3v) is 6.04. The highest BCUT2D eigenvalue weighted by atomic mass is 32.2. The third kappa shape index (κ3) is 4.54. The van der Waals surface area contributed by atoms with Crippen molar-refractivity contribution < 1.29 is 5.11 Å². The molecule has 0 saturated heterocycles. The van der Waals surface area contributed by atoms with Crippen molar-refractivity contribution in [1.29, 1.82) is 0 Å². The Balaban J connectivity index is 1.48. The van der Waals surface area contributed by atoms with Crippen molar-refractivity contribution in [3.8, 4) is 5.82 Å². The number of pyridine rings is 1. The van der Waals surface area contributed by atoms with E-state index in [-0.39, 0.29) is 5.92 Å². The number of nitrogens with zero attached hydrogens (tertiary/aromatic N) is 3. The van der Waals surface area contributed by atoms with Crippen LogP contribution in [0.3, 0.4) is 0 Å². The fourth-order valence-electron chi connectivity index (χ4n) is 3.32. The van der Waals surface area contributed by atoms with E-state index in [4.69, 9.17) is 5.10 Å². The lowest BCUT2D eigenvalue weighted by Gasteiger charge is -2.16. The topological polar surface area (TPSA) is 63.0 Å². The lowest BCUT2D eigenvalue weighted by molar-refractivity contribution is 0.0714. The number of aryl methyl sites for hydroxylation is 1. The summed E-state index contributed by atoms with van der Waals surface area (Å²) in [6.07, 6.45) is 5.33. The van der Waals surface area contributed by atoms with Gasteiger partial charge in [0.1, 0.15) is 0 Å². The van der Waals surface area contributed by atoms with Gasteiger partial charge in [-0.1, -0.05) is 37.4 Å². The van der Waals surface area contributed by atoms with E-state index in [1.54, 1.807) is 11.8 Å². The van der Waals surface area contributed by atoms with Crippen LogP contribution in [0, 0.1) is 0 Å². The number of hydrogen-bond donors (Lipinski definition) is 2. The highest BCUT2D eigenvalue weighted by Gasteiger charge is 2.18. The summed E-state index contributed by atoms with van der Waals surface area (Å²) in [7, 11) is 0. The molecule has 0 fully saturated rings. The molecular formula is C23H26N4OS. The second-order valence-corrected chi connectivity index (χ2v) is 9.29. The first kappa shape index (κ1) is 19.7. The number of rotatable bonds is 6. The van der Waals surface area contributed by atoms with E-state index in [1.165, 1.54) is 10.5 Å². The minimum atomic E-state index is -0.662. The quantitative estimate of drug-likeness (QED) is 0.595. The monoisotopic (exact) mass is 406 g/mol. The van der Waals surface area contributed by atoms with Crippen molar-refractivity contribution in [2.24, 2.45) is 0 Å². The van der Waals surface area contributed by atoms with Gasteiger partial charge in [-0.3, -0.25) is 0 Å². The maximum atomic E-state index is 9.88. The van der Waals surface area contributed by atoms with E-state index >= 15 is 0 Å². The molecule has 1 unspecified atom stereocenters. The minimum absolute atomic E-state index is 0.182. The van der Waals surface area contributed by atoms with E-state index in [0.29, 0.717) is 6.42 Å². The molecular weight excluding hydrogens is 380 g/mol. The molecule has 1 aliphatic rings. The summed E-state index contributed by atoms with van der Waals surface area (Å²) >= 11 is 1.67. The highest BCUT2D eigenvalue weighted by molar-refractivity contribution is 8.03. The minimum Gasteiger partial charge on any atom is -0.390 e. The van der Waals surface area contributed by atoms with Crippen LogP contribution < -0.4 is 5.32 Å². The Hall–Kier alpha value is -2.57. The standard InChI is InChI=1S/C23H26N4OS/c1-15(18-6-7-20-21(13-18)29-16(2)25-20)19-10-12-27(26-19)22-8-5-17(14-24-22)9-11-23(3,4)28/h5-8,10,12-15,25,28H,2,9,11H2,1,3-4H3. The zero-order chi connectivity index (χ0) is 20.6. The molecule has 0 spiro atoms. The van der Waals surface area contributed by atoms with Crippen LogP contribution in [-0.4, -0.2) is 25.5 Å². The molecule has 6 heteroatoms. The van der Waals surface area contributed by atoms with Gasteiger partial charge in [-0.05, 0) is 62.1 Å². The summed E-state index contributed by atoms with van der Waals surface area (Å²) in [5, 5.41) is 18.9. The predicted octanol–water partition coefficient (Wildman–Crippen LogP) is 5.11. The molecule has 150 valence electrons. The Kier molecular flexibility index (Phi) is 5.23. The molecule has 0 radical (unpaired) electrons. The van der Waals surface area contributed by atoms with Crippen molar-refractivity contribution in [3.63, 3.8) is 0 Å². The van der Waals surface area contributed by atoms with Gasteiger partial charge in [-0.2, -0.15) is 5.10 Å². The Morgan fingerprint density at radius 1 is 1.24 bits per heavy atom. The zero-order valence-electron chi connectivity index (χ0n) is 17.0. The predicted molar refractivity (Wildman–Crippen MR) is 119 cm³/mol. The van der Waals surface area contributed by atoms with Gasteiger partial charge in [-0.15, -0.1) is 0 Å². The molecule has 3 heterocycles. The third-order valence-electron chi connectivity index (χ3n) is 5.14. The number of aliphatic hydroxyl groups is 1. The first-order chi connectivity index (χ1) is 13.8. The van der Waals surface area contributed by atoms with Gasteiger partial charge < -0.3 is 10.4 Å². The number of benzene rings is 1. The summed E-state index contributed by atoms with van der Waals surface area (Å²) in [6, 6.07) is 12.5. The molecule has 4 rings (SSSR count). The number of anilines is 1. The van der Waals surface area contributed by atoms with E-state index in [1.807, 2.05) is 43.1 Å². The summed E-state index contributed by atoms with van der Waals surface area (Å²) in [5.74, 6) is 0.975. The zero-order valence-corrected chi connectivity index (χ0v) is 17.8. The van der Waals surface area contributed by atoms with E-state index in [9.17, 15) is 5.11 Å². The van der Waals surface area contributed by atoms with Crippen molar-refractivity contribution in [2.75, 3.05) is 5.32 Å². The van der Waals surface area contributed by atoms with E-state index in [0.717, 1.165) is 34.2 Å². The largest absolute Gasteiger partial charge is 0.390 e. The summed E-state index contributed by atoms with van der Waals surface area (Å²) in [5.41, 5.74) is 3.81. The van der Waals surface area contributed by atoms with Crippen molar-refractivity contribution in [1.82, 2.24) is 14.8 Å². The molecule has 29 heavy (non-hydrogen) atoms. The number of aromatic nitrogens is 3. The van der Waals surface area contributed by atoms with E-state index in [2.05, 4.69) is 48.1 Å². The molecule has 0 bridgehead atoms. The lowest BCUT2D eigenvalue weighted by Crippen LogP contribution is -2.19. The van der Waals surface area contributed by atoms with Gasteiger partial charge in [0.2, 0.25) is 0 Å². The summed E-state index contributed by atoms with van der Waals surface area (Å²) in [4.78, 5) is 5.76. The number of nitrogens with one attached hydrogen (secondary N) is 1.